The van der Waals surface area contributed by atoms with Gasteiger partial charge in [-0.3, -0.25) is 0 Å². The van der Waals surface area contributed by atoms with Gasteiger partial charge < -0.3 is 4.90 Å². The van der Waals surface area contributed by atoms with Gasteiger partial charge in [0, 0.05) is 17.1 Å². The van der Waals surface area contributed by atoms with Crippen molar-refractivity contribution in [1.82, 2.24) is 0 Å². The summed E-state index contributed by atoms with van der Waals surface area (Å²) in [4.78, 5) is 2.31. The van der Waals surface area contributed by atoms with Crippen molar-refractivity contribution < 1.29 is 0 Å². The zero-order valence-corrected chi connectivity index (χ0v) is 14.0. The maximum atomic E-state index is 2.32. The van der Waals surface area contributed by atoms with Gasteiger partial charge in [0.2, 0.25) is 0 Å². The maximum Gasteiger partial charge on any atom is 0.0464 e. The minimum Gasteiger partial charge on any atom is -0.310 e. The van der Waals surface area contributed by atoms with Gasteiger partial charge in [0.25, 0.3) is 0 Å². The van der Waals surface area contributed by atoms with Crippen molar-refractivity contribution in [3.05, 3.63) is 90.0 Å². The monoisotopic (exact) mass is 301 g/mol. The molecule has 3 rings (SSSR count). The molecule has 0 aliphatic heterocycles. The van der Waals surface area contributed by atoms with Gasteiger partial charge in [0.15, 0.2) is 0 Å². The van der Waals surface area contributed by atoms with Crippen molar-refractivity contribution in [2.45, 2.75) is 26.7 Å². The summed E-state index contributed by atoms with van der Waals surface area (Å²) in [7, 11) is 0. The summed E-state index contributed by atoms with van der Waals surface area (Å²) in [6.45, 7) is 6.69. The normalized spacial score (nSPS) is 10.8. The summed E-state index contributed by atoms with van der Waals surface area (Å²) in [5, 5.41) is 0. The summed E-state index contributed by atoms with van der Waals surface area (Å²) >= 11 is 0. The molecule has 0 aliphatic carbocycles. The molecule has 0 aromatic heterocycles. The summed E-state index contributed by atoms with van der Waals surface area (Å²) < 4.78 is 0. The topological polar surface area (TPSA) is 3.24 Å². The Balaban J connectivity index is 2.15. The van der Waals surface area contributed by atoms with Crippen LogP contribution in [0.25, 0.3) is 0 Å². The average molecular weight is 301 g/mol. The number of hydrogen-bond donors (Lipinski definition) is 0. The summed E-state index contributed by atoms with van der Waals surface area (Å²) in [5.41, 5.74) is 6.32. The van der Waals surface area contributed by atoms with E-state index < -0.39 is 0 Å². The van der Waals surface area contributed by atoms with Crippen LogP contribution >= 0.6 is 0 Å². The largest absolute Gasteiger partial charge is 0.310 e. The van der Waals surface area contributed by atoms with Gasteiger partial charge in [-0.15, -0.1) is 0 Å². The third kappa shape index (κ3) is 3.29. The molecular formula is C22H23N. The van der Waals surface area contributed by atoms with E-state index in [0.29, 0.717) is 5.92 Å². The predicted molar refractivity (Wildman–Crippen MR) is 100.0 cm³/mol. The molecule has 116 valence electrons. The quantitative estimate of drug-likeness (QED) is 0.525. The Bertz CT molecular complexity index is 721. The molecule has 0 atom stereocenters. The van der Waals surface area contributed by atoms with Crippen molar-refractivity contribution >= 4 is 17.1 Å². The molecule has 0 aliphatic rings. The highest BCUT2D eigenvalue weighted by Gasteiger charge is 2.13. The molecule has 0 spiro atoms. The zero-order valence-electron chi connectivity index (χ0n) is 14.0. The number of hydrogen-bond acceptors (Lipinski definition) is 1. The van der Waals surface area contributed by atoms with Crippen LogP contribution in [0.15, 0.2) is 78.9 Å². The van der Waals surface area contributed by atoms with Crippen LogP contribution in [0, 0.1) is 6.92 Å². The second kappa shape index (κ2) is 6.70. The van der Waals surface area contributed by atoms with E-state index in [4.69, 9.17) is 0 Å². The fraction of sp³-hybridized carbons (Fsp3) is 0.182. The maximum absolute atomic E-state index is 2.32. The Morgan fingerprint density at radius 2 is 1.17 bits per heavy atom. The molecule has 0 fully saturated rings. The van der Waals surface area contributed by atoms with E-state index in [1.165, 1.54) is 28.2 Å². The van der Waals surface area contributed by atoms with Gasteiger partial charge in [-0.25, -0.2) is 0 Å². The molecule has 1 heteroatoms. The van der Waals surface area contributed by atoms with Crippen LogP contribution < -0.4 is 4.90 Å². The Labute approximate surface area is 139 Å². The first-order valence-corrected chi connectivity index (χ1v) is 8.17. The third-order valence-corrected chi connectivity index (χ3v) is 4.17. The zero-order chi connectivity index (χ0) is 16.2. The average Bonchev–Trinajstić information content (AvgIpc) is 2.58. The molecule has 1 nitrogen and oxygen atoms in total. The Hall–Kier alpha value is -2.54. The number of rotatable bonds is 4. The molecule has 0 radical (unpaired) electrons. The molecule has 0 N–H and O–H groups in total. The highest BCUT2D eigenvalue weighted by Crippen LogP contribution is 2.36. The summed E-state index contributed by atoms with van der Waals surface area (Å²) in [6, 6.07) is 27.8. The smallest absolute Gasteiger partial charge is 0.0464 e. The van der Waals surface area contributed by atoms with E-state index >= 15 is 0 Å². The lowest BCUT2D eigenvalue weighted by atomic mass is 9.97. The molecule has 23 heavy (non-hydrogen) atoms. The number of para-hydroxylation sites is 2. The lowest BCUT2D eigenvalue weighted by Gasteiger charge is -2.26. The summed E-state index contributed by atoms with van der Waals surface area (Å²) in [6.07, 6.45) is 0. The number of benzene rings is 3. The van der Waals surface area contributed by atoms with E-state index in [-0.39, 0.29) is 0 Å². The molecule has 0 bridgehead atoms. The fourth-order valence-corrected chi connectivity index (χ4v) is 2.99. The first-order chi connectivity index (χ1) is 11.2. The van der Waals surface area contributed by atoms with Crippen molar-refractivity contribution in [2.75, 3.05) is 4.90 Å². The highest BCUT2D eigenvalue weighted by atomic mass is 15.1. The molecule has 3 aromatic carbocycles. The first-order valence-electron chi connectivity index (χ1n) is 8.17. The van der Waals surface area contributed by atoms with Crippen molar-refractivity contribution in [2.24, 2.45) is 0 Å². The predicted octanol–water partition coefficient (Wildman–Crippen LogP) is 6.59. The summed E-state index contributed by atoms with van der Waals surface area (Å²) in [5.74, 6) is 0.517. The van der Waals surface area contributed by atoms with Crippen LogP contribution in [0.3, 0.4) is 0 Å². The lowest BCUT2D eigenvalue weighted by molar-refractivity contribution is 0.856. The number of aryl methyl sites for hydroxylation is 1. The molecular weight excluding hydrogens is 278 g/mol. The van der Waals surface area contributed by atoms with Crippen LogP contribution in [0.1, 0.15) is 30.9 Å². The van der Waals surface area contributed by atoms with Crippen LogP contribution in [0.4, 0.5) is 17.1 Å². The molecule has 3 aromatic rings. The Morgan fingerprint density at radius 3 is 1.65 bits per heavy atom. The number of nitrogens with zero attached hydrogens (tertiary/aromatic N) is 1. The van der Waals surface area contributed by atoms with Crippen LogP contribution in [-0.2, 0) is 0 Å². The van der Waals surface area contributed by atoms with Gasteiger partial charge in [-0.1, -0.05) is 56.3 Å². The van der Waals surface area contributed by atoms with Gasteiger partial charge in [0.05, 0.1) is 0 Å². The Morgan fingerprint density at radius 1 is 0.652 bits per heavy atom. The molecule has 0 saturated heterocycles. The molecule has 0 heterocycles. The van der Waals surface area contributed by atoms with E-state index in [1.54, 1.807) is 0 Å². The molecule has 0 amide bonds. The first kappa shape index (κ1) is 15.4. The molecule has 0 unspecified atom stereocenters. The van der Waals surface area contributed by atoms with Crippen LogP contribution in [0.2, 0.25) is 0 Å². The van der Waals surface area contributed by atoms with Gasteiger partial charge in [0.1, 0.15) is 0 Å². The molecule has 0 saturated carbocycles. The van der Waals surface area contributed by atoms with Gasteiger partial charge >= 0.3 is 0 Å². The SMILES string of the molecule is Cc1ccc(N(c2ccccc2)c2ccccc2)cc1C(C)C. The minimum absolute atomic E-state index is 0.517. The van der Waals surface area contributed by atoms with Crippen molar-refractivity contribution in [1.29, 1.82) is 0 Å². The second-order valence-corrected chi connectivity index (χ2v) is 6.20. The fourth-order valence-electron chi connectivity index (χ4n) is 2.99. The van der Waals surface area contributed by atoms with Crippen LogP contribution in [0.5, 0.6) is 0 Å². The highest BCUT2D eigenvalue weighted by molar-refractivity contribution is 5.76. The van der Waals surface area contributed by atoms with Crippen molar-refractivity contribution in [3.8, 4) is 0 Å². The standard InChI is InChI=1S/C22H23N/c1-17(2)22-16-21(15-14-18(22)3)23(19-10-6-4-7-11-19)20-12-8-5-9-13-20/h4-17H,1-3H3. The van der Waals surface area contributed by atoms with E-state index in [2.05, 4.69) is 105 Å². The van der Waals surface area contributed by atoms with Crippen LogP contribution in [-0.4, -0.2) is 0 Å². The minimum atomic E-state index is 0.517. The second-order valence-electron chi connectivity index (χ2n) is 6.20. The lowest BCUT2D eigenvalue weighted by Crippen LogP contribution is -2.10. The van der Waals surface area contributed by atoms with E-state index in [9.17, 15) is 0 Å². The van der Waals surface area contributed by atoms with E-state index in [0.717, 1.165) is 0 Å². The van der Waals surface area contributed by atoms with Crippen molar-refractivity contribution in [3.63, 3.8) is 0 Å². The number of anilines is 3. The Kier molecular flexibility index (Phi) is 4.47. The van der Waals surface area contributed by atoms with Gasteiger partial charge in [-0.2, -0.15) is 0 Å². The third-order valence-electron chi connectivity index (χ3n) is 4.17. The van der Waals surface area contributed by atoms with Gasteiger partial charge in [-0.05, 0) is 60.4 Å². The van der Waals surface area contributed by atoms with E-state index in [1.807, 2.05) is 0 Å².